The minimum absolute atomic E-state index is 0.107. The third-order valence-electron chi connectivity index (χ3n) is 4.81. The maximum Gasteiger partial charge on any atom is 0.278 e. The highest BCUT2D eigenvalue weighted by atomic mass is 32.1. The Labute approximate surface area is 172 Å². The number of benzene rings is 2. The Kier molecular flexibility index (Phi) is 5.27. The Bertz CT molecular complexity index is 1060. The van der Waals surface area contributed by atoms with E-state index in [9.17, 15) is 14.0 Å². The van der Waals surface area contributed by atoms with Gasteiger partial charge >= 0.3 is 0 Å². The molecule has 0 spiro atoms. The minimum Gasteiger partial charge on any atom is -0.365 e. The van der Waals surface area contributed by atoms with Gasteiger partial charge in [-0.3, -0.25) is 14.5 Å². The number of hydrogen-bond acceptors (Lipinski definition) is 4. The zero-order valence-corrected chi connectivity index (χ0v) is 16.7. The third-order valence-corrected chi connectivity index (χ3v) is 5.70. The second-order valence-electron chi connectivity index (χ2n) is 6.87. The second-order valence-corrected chi connectivity index (χ2v) is 7.81. The molecule has 146 valence electrons. The highest BCUT2D eigenvalue weighted by Crippen LogP contribution is 2.34. The Morgan fingerprint density at radius 3 is 2.28 bits per heavy atom. The summed E-state index contributed by atoms with van der Waals surface area (Å²) in [5, 5.41) is 1.89. The van der Waals surface area contributed by atoms with Gasteiger partial charge in [-0.2, -0.15) is 0 Å². The summed E-state index contributed by atoms with van der Waals surface area (Å²) in [5.74, 6) is -1.01. The molecule has 0 bridgehead atoms. The number of imide groups is 1. The van der Waals surface area contributed by atoms with Crippen LogP contribution in [-0.4, -0.2) is 28.7 Å². The summed E-state index contributed by atoms with van der Waals surface area (Å²) in [7, 11) is 1.82. The first-order valence-electron chi connectivity index (χ1n) is 9.18. The van der Waals surface area contributed by atoms with E-state index in [1.807, 2.05) is 59.8 Å². The smallest absolute Gasteiger partial charge is 0.278 e. The summed E-state index contributed by atoms with van der Waals surface area (Å²) >= 11 is 1.43. The fourth-order valence-electron chi connectivity index (χ4n) is 3.41. The first kappa shape index (κ1) is 19.1. The van der Waals surface area contributed by atoms with Gasteiger partial charge in [-0.15, -0.1) is 11.3 Å². The van der Waals surface area contributed by atoms with E-state index in [1.165, 1.54) is 28.4 Å². The lowest BCUT2D eigenvalue weighted by Crippen LogP contribution is -2.33. The molecule has 4 nitrogen and oxygen atoms in total. The van der Waals surface area contributed by atoms with Crippen LogP contribution in [0.2, 0.25) is 0 Å². The molecule has 0 radical (unpaired) electrons. The first-order valence-corrected chi connectivity index (χ1v) is 10.1. The number of likely N-dealkylation sites (N-methyl/N-ethyl adjacent to an activating group) is 1. The van der Waals surface area contributed by atoms with Gasteiger partial charge in [0.15, 0.2) is 0 Å². The number of carbonyl (C=O) groups is 2. The van der Waals surface area contributed by atoms with Crippen LogP contribution >= 0.6 is 11.3 Å². The van der Waals surface area contributed by atoms with E-state index in [4.69, 9.17) is 0 Å². The van der Waals surface area contributed by atoms with Crippen molar-refractivity contribution in [2.24, 2.45) is 0 Å². The Morgan fingerprint density at radius 2 is 1.62 bits per heavy atom. The first-order chi connectivity index (χ1) is 14.0. The number of thiophene rings is 1. The molecule has 0 unspecified atom stereocenters. The van der Waals surface area contributed by atoms with Crippen LogP contribution in [0.1, 0.15) is 16.0 Å². The maximum absolute atomic E-state index is 13.3. The minimum atomic E-state index is -0.353. The van der Waals surface area contributed by atoms with E-state index in [0.29, 0.717) is 23.4 Å². The summed E-state index contributed by atoms with van der Waals surface area (Å²) in [4.78, 5) is 30.3. The predicted molar refractivity (Wildman–Crippen MR) is 111 cm³/mol. The van der Waals surface area contributed by atoms with Crippen molar-refractivity contribution in [2.45, 2.75) is 13.1 Å². The molecule has 0 aliphatic carbocycles. The van der Waals surface area contributed by atoms with Gasteiger partial charge < -0.3 is 4.90 Å². The molecule has 0 saturated heterocycles. The number of hydrogen-bond donors (Lipinski definition) is 0. The van der Waals surface area contributed by atoms with Gasteiger partial charge in [0, 0.05) is 18.5 Å². The number of amides is 2. The average Bonchev–Trinajstić information content (AvgIpc) is 3.32. The fourth-order valence-corrected chi connectivity index (χ4v) is 4.18. The van der Waals surface area contributed by atoms with Gasteiger partial charge in [0.2, 0.25) is 0 Å². The molecule has 4 rings (SSSR count). The Hall–Kier alpha value is -3.25. The summed E-state index contributed by atoms with van der Waals surface area (Å²) in [6, 6.07) is 19.4. The third kappa shape index (κ3) is 3.84. The number of rotatable bonds is 6. The number of carbonyl (C=O) groups excluding carboxylic acids is 2. The van der Waals surface area contributed by atoms with Crippen molar-refractivity contribution in [3.63, 3.8) is 0 Å². The molecule has 1 aliphatic rings. The zero-order valence-electron chi connectivity index (χ0n) is 15.8. The molecule has 1 aliphatic heterocycles. The molecular formula is C23H19FN2O2S. The van der Waals surface area contributed by atoms with Gasteiger partial charge in [0.25, 0.3) is 11.8 Å². The van der Waals surface area contributed by atoms with Crippen molar-refractivity contribution in [3.8, 4) is 0 Å². The Balaban J connectivity index is 1.68. The molecule has 0 N–H and O–H groups in total. The average molecular weight is 406 g/mol. The van der Waals surface area contributed by atoms with Crippen molar-refractivity contribution in [1.29, 1.82) is 0 Å². The molecule has 2 heterocycles. The van der Waals surface area contributed by atoms with Gasteiger partial charge in [0.05, 0.1) is 12.1 Å². The molecule has 0 fully saturated rings. The van der Waals surface area contributed by atoms with Crippen LogP contribution in [0.15, 0.2) is 77.8 Å². The molecule has 0 saturated carbocycles. The van der Waals surface area contributed by atoms with Crippen LogP contribution in [0.25, 0.3) is 5.57 Å². The molecule has 3 aromatic rings. The van der Waals surface area contributed by atoms with Gasteiger partial charge in [-0.05, 0) is 34.7 Å². The van der Waals surface area contributed by atoms with Gasteiger partial charge in [-0.25, -0.2) is 4.39 Å². The Morgan fingerprint density at radius 1 is 0.897 bits per heavy atom. The summed E-state index contributed by atoms with van der Waals surface area (Å²) in [5.41, 5.74) is 2.56. The highest BCUT2D eigenvalue weighted by molar-refractivity contribution is 7.11. The maximum atomic E-state index is 13.3. The van der Waals surface area contributed by atoms with Crippen LogP contribution in [-0.2, 0) is 22.7 Å². The lowest BCUT2D eigenvalue weighted by Gasteiger charge is -2.21. The number of nitrogens with zero attached hydrogens (tertiary/aromatic N) is 2. The molecule has 29 heavy (non-hydrogen) atoms. The summed E-state index contributed by atoms with van der Waals surface area (Å²) in [6.07, 6.45) is 0. The van der Waals surface area contributed by atoms with E-state index in [-0.39, 0.29) is 24.2 Å². The van der Waals surface area contributed by atoms with Crippen molar-refractivity contribution < 1.29 is 14.0 Å². The normalized spacial score (nSPS) is 14.1. The van der Waals surface area contributed by atoms with Crippen LogP contribution in [0.5, 0.6) is 0 Å². The fraction of sp³-hybridized carbons (Fsp3) is 0.130. The monoisotopic (exact) mass is 406 g/mol. The molecule has 0 atom stereocenters. The SMILES string of the molecule is CN(Cc1ccccc1)C1=C(c2cccs2)C(=O)N(Cc2ccc(F)cc2)C1=O. The largest absolute Gasteiger partial charge is 0.365 e. The summed E-state index contributed by atoms with van der Waals surface area (Å²) < 4.78 is 13.2. The van der Waals surface area contributed by atoms with Crippen LogP contribution in [0.3, 0.4) is 0 Å². The predicted octanol–water partition coefficient (Wildman–Crippen LogP) is 4.30. The van der Waals surface area contributed by atoms with Crippen molar-refractivity contribution in [2.75, 3.05) is 7.05 Å². The van der Waals surface area contributed by atoms with E-state index >= 15 is 0 Å². The molecule has 6 heteroatoms. The molecule has 2 aromatic carbocycles. The molecule has 1 aromatic heterocycles. The second kappa shape index (κ2) is 8.01. The van der Waals surface area contributed by atoms with Crippen molar-refractivity contribution in [3.05, 3.63) is 99.6 Å². The van der Waals surface area contributed by atoms with Crippen LogP contribution < -0.4 is 0 Å². The standard InChI is InChI=1S/C23H19FN2O2S/c1-25(14-16-6-3-2-4-7-16)21-20(19-8-5-13-29-19)22(27)26(23(21)28)15-17-9-11-18(24)12-10-17/h2-13H,14-15H2,1H3. The molecular weight excluding hydrogens is 387 g/mol. The van der Waals surface area contributed by atoms with Gasteiger partial charge in [0.1, 0.15) is 11.5 Å². The zero-order chi connectivity index (χ0) is 20.4. The molecule has 2 amide bonds. The summed E-state index contributed by atoms with van der Waals surface area (Å²) in [6.45, 7) is 0.615. The van der Waals surface area contributed by atoms with Crippen LogP contribution in [0.4, 0.5) is 4.39 Å². The van der Waals surface area contributed by atoms with Crippen molar-refractivity contribution >= 4 is 28.7 Å². The quantitative estimate of drug-likeness (QED) is 0.573. The van der Waals surface area contributed by atoms with E-state index in [0.717, 1.165) is 10.4 Å². The number of halogens is 1. The van der Waals surface area contributed by atoms with E-state index in [2.05, 4.69) is 0 Å². The topological polar surface area (TPSA) is 40.6 Å². The lowest BCUT2D eigenvalue weighted by molar-refractivity contribution is -0.138. The van der Waals surface area contributed by atoms with E-state index in [1.54, 1.807) is 12.1 Å². The van der Waals surface area contributed by atoms with Crippen LogP contribution in [0, 0.1) is 5.82 Å². The van der Waals surface area contributed by atoms with E-state index < -0.39 is 0 Å². The highest BCUT2D eigenvalue weighted by Gasteiger charge is 2.41. The van der Waals surface area contributed by atoms with Gasteiger partial charge in [-0.1, -0.05) is 48.5 Å². The van der Waals surface area contributed by atoms with Crippen molar-refractivity contribution in [1.82, 2.24) is 9.80 Å². The lowest BCUT2D eigenvalue weighted by atomic mass is 10.1.